The van der Waals surface area contributed by atoms with Crippen molar-refractivity contribution in [2.75, 3.05) is 0 Å². The highest BCUT2D eigenvalue weighted by Crippen LogP contribution is 2.19. The van der Waals surface area contributed by atoms with Gasteiger partial charge in [-0.05, 0) is 0 Å². The van der Waals surface area contributed by atoms with Crippen molar-refractivity contribution >= 4 is 0 Å². The van der Waals surface area contributed by atoms with Crippen LogP contribution < -0.4 is 0 Å². The summed E-state index contributed by atoms with van der Waals surface area (Å²) in [5, 5.41) is 0. The van der Waals surface area contributed by atoms with Gasteiger partial charge < -0.3 is 4.42 Å². The maximum Gasteiger partial charge on any atom is 0.182 e. The lowest BCUT2D eigenvalue weighted by Crippen LogP contribution is -1.95. The third-order valence-electron chi connectivity index (χ3n) is 2.34. The maximum atomic E-state index is 4.97. The van der Waals surface area contributed by atoms with Gasteiger partial charge in [-0.1, -0.05) is 30.3 Å². The van der Waals surface area contributed by atoms with E-state index in [9.17, 15) is 0 Å². The van der Waals surface area contributed by atoms with E-state index < -0.39 is 0 Å². The smallest absolute Gasteiger partial charge is 0.182 e. The Labute approximate surface area is 92.2 Å². The molecule has 0 atom stereocenters. The van der Waals surface area contributed by atoms with E-state index in [2.05, 4.69) is 9.97 Å². The molecule has 78 valence electrons. The number of aromatic nitrogens is 3. The van der Waals surface area contributed by atoms with Crippen molar-refractivity contribution in [2.45, 2.75) is 0 Å². The lowest BCUT2D eigenvalue weighted by Gasteiger charge is -2.03. The van der Waals surface area contributed by atoms with Gasteiger partial charge in [0.05, 0.1) is 0 Å². The topological polar surface area (TPSA) is 43.9 Å². The van der Waals surface area contributed by atoms with Gasteiger partial charge in [0.15, 0.2) is 12.2 Å². The van der Waals surface area contributed by atoms with Gasteiger partial charge in [0.25, 0.3) is 0 Å². The minimum Gasteiger partial charge on any atom is -0.449 e. The molecule has 0 radical (unpaired) electrons. The van der Waals surface area contributed by atoms with Gasteiger partial charge in [-0.3, -0.25) is 4.57 Å². The predicted molar refractivity (Wildman–Crippen MR) is 59.1 cm³/mol. The Morgan fingerprint density at radius 3 is 2.69 bits per heavy atom. The molecule has 0 aliphatic heterocycles. The molecule has 0 aliphatic rings. The number of imidazole rings is 1. The first kappa shape index (κ1) is 8.91. The largest absolute Gasteiger partial charge is 0.449 e. The summed E-state index contributed by atoms with van der Waals surface area (Å²) in [4.78, 5) is 8.42. The number of hydrogen-bond acceptors (Lipinski definition) is 3. The van der Waals surface area contributed by atoms with Gasteiger partial charge >= 0.3 is 0 Å². The summed E-state index contributed by atoms with van der Waals surface area (Å²) >= 11 is 0. The van der Waals surface area contributed by atoms with Crippen molar-refractivity contribution in [2.24, 2.45) is 0 Å². The van der Waals surface area contributed by atoms with Crippen LogP contribution in [0.25, 0.3) is 17.2 Å². The van der Waals surface area contributed by atoms with Crippen molar-refractivity contribution in [3.05, 3.63) is 55.4 Å². The highest BCUT2D eigenvalue weighted by atomic mass is 16.3. The molecule has 0 saturated heterocycles. The fourth-order valence-corrected chi connectivity index (χ4v) is 1.61. The van der Waals surface area contributed by atoms with Gasteiger partial charge in [-0.25, -0.2) is 4.98 Å². The molecule has 3 aromatic rings. The summed E-state index contributed by atoms with van der Waals surface area (Å²) < 4.78 is 6.86. The first-order valence-electron chi connectivity index (χ1n) is 4.92. The average Bonchev–Trinajstić information content (AvgIpc) is 3.01. The van der Waals surface area contributed by atoms with Crippen LogP contribution in [0.15, 0.2) is 59.8 Å². The highest BCUT2D eigenvalue weighted by molar-refractivity contribution is 5.57. The van der Waals surface area contributed by atoms with Crippen molar-refractivity contribution in [3.8, 4) is 17.2 Å². The summed E-state index contributed by atoms with van der Waals surface area (Å²) in [6, 6.07) is 9.97. The number of oxazole rings is 1. The molecule has 0 spiro atoms. The summed E-state index contributed by atoms with van der Waals surface area (Å²) in [6.07, 6.45) is 6.61. The van der Waals surface area contributed by atoms with Crippen molar-refractivity contribution < 1.29 is 4.42 Å². The SMILES string of the molecule is c1ccc(-c2nccn2-c2cocn2)cc1. The quantitative estimate of drug-likeness (QED) is 0.654. The first-order valence-corrected chi connectivity index (χ1v) is 4.92. The molecule has 1 aromatic carbocycles. The molecule has 4 heteroatoms. The van der Waals surface area contributed by atoms with E-state index >= 15 is 0 Å². The van der Waals surface area contributed by atoms with Gasteiger partial charge in [-0.2, -0.15) is 4.98 Å². The van der Waals surface area contributed by atoms with Crippen LogP contribution in [0.4, 0.5) is 0 Å². The van der Waals surface area contributed by atoms with Crippen molar-refractivity contribution in [3.63, 3.8) is 0 Å². The Hall–Kier alpha value is -2.36. The van der Waals surface area contributed by atoms with E-state index in [1.807, 2.05) is 41.1 Å². The minimum absolute atomic E-state index is 0.733. The van der Waals surface area contributed by atoms with Crippen LogP contribution in [0, 0.1) is 0 Å². The first-order chi connectivity index (χ1) is 7.95. The molecular weight excluding hydrogens is 202 g/mol. The average molecular weight is 211 g/mol. The number of nitrogens with zero attached hydrogens (tertiary/aromatic N) is 3. The van der Waals surface area contributed by atoms with Crippen LogP contribution in [0.3, 0.4) is 0 Å². The predicted octanol–water partition coefficient (Wildman–Crippen LogP) is 2.53. The molecule has 2 aromatic heterocycles. The van der Waals surface area contributed by atoms with Crippen LogP contribution in [0.1, 0.15) is 0 Å². The Kier molecular flexibility index (Phi) is 2.04. The molecule has 0 bridgehead atoms. The molecule has 0 N–H and O–H groups in total. The summed E-state index contributed by atoms with van der Waals surface area (Å²) in [5.74, 6) is 1.59. The Morgan fingerprint density at radius 1 is 1.06 bits per heavy atom. The third kappa shape index (κ3) is 1.40. The van der Waals surface area contributed by atoms with E-state index in [1.54, 1.807) is 12.5 Å². The fourth-order valence-electron chi connectivity index (χ4n) is 1.61. The third-order valence-corrected chi connectivity index (χ3v) is 2.34. The second-order valence-electron chi connectivity index (χ2n) is 3.33. The molecule has 4 nitrogen and oxygen atoms in total. The van der Waals surface area contributed by atoms with E-state index in [0.717, 1.165) is 17.2 Å². The number of hydrogen-bond donors (Lipinski definition) is 0. The minimum atomic E-state index is 0.733. The molecule has 2 heterocycles. The standard InChI is InChI=1S/C12H9N3O/c1-2-4-10(5-3-1)12-13-6-7-15(12)11-8-16-9-14-11/h1-9H. The van der Waals surface area contributed by atoms with Crippen LogP contribution in [-0.2, 0) is 0 Å². The zero-order valence-electron chi connectivity index (χ0n) is 8.45. The van der Waals surface area contributed by atoms with Crippen LogP contribution >= 0.6 is 0 Å². The Bertz CT molecular complexity index is 569. The molecule has 16 heavy (non-hydrogen) atoms. The second kappa shape index (κ2) is 3.66. The normalized spacial score (nSPS) is 10.5. The van der Waals surface area contributed by atoms with Crippen LogP contribution in [0.2, 0.25) is 0 Å². The molecule has 0 unspecified atom stereocenters. The molecule has 0 aliphatic carbocycles. The number of benzene rings is 1. The van der Waals surface area contributed by atoms with E-state index in [1.165, 1.54) is 6.39 Å². The van der Waals surface area contributed by atoms with Crippen LogP contribution in [-0.4, -0.2) is 14.5 Å². The summed E-state index contributed by atoms with van der Waals surface area (Å²) in [5.41, 5.74) is 1.05. The summed E-state index contributed by atoms with van der Waals surface area (Å²) in [6.45, 7) is 0. The van der Waals surface area contributed by atoms with Gasteiger partial charge in [0.1, 0.15) is 12.1 Å². The summed E-state index contributed by atoms with van der Waals surface area (Å²) in [7, 11) is 0. The lowest BCUT2D eigenvalue weighted by atomic mass is 10.2. The lowest BCUT2D eigenvalue weighted by molar-refractivity contribution is 0.557. The monoisotopic (exact) mass is 211 g/mol. The molecule has 3 rings (SSSR count). The molecule has 0 amide bonds. The Morgan fingerprint density at radius 2 is 1.94 bits per heavy atom. The molecular formula is C12H9N3O. The van der Waals surface area contributed by atoms with Crippen molar-refractivity contribution in [1.82, 2.24) is 14.5 Å². The molecule has 0 fully saturated rings. The van der Waals surface area contributed by atoms with Gasteiger partial charge in [-0.15, -0.1) is 0 Å². The van der Waals surface area contributed by atoms with Gasteiger partial charge in [0, 0.05) is 18.0 Å². The zero-order chi connectivity index (χ0) is 10.8. The van der Waals surface area contributed by atoms with E-state index in [4.69, 9.17) is 4.42 Å². The van der Waals surface area contributed by atoms with E-state index in [0.29, 0.717) is 0 Å². The number of rotatable bonds is 2. The Balaban J connectivity index is 2.14. The second-order valence-corrected chi connectivity index (χ2v) is 3.33. The van der Waals surface area contributed by atoms with Crippen molar-refractivity contribution in [1.29, 1.82) is 0 Å². The zero-order valence-corrected chi connectivity index (χ0v) is 8.45. The molecule has 0 saturated carbocycles. The maximum absolute atomic E-state index is 4.97. The highest BCUT2D eigenvalue weighted by Gasteiger charge is 2.08. The van der Waals surface area contributed by atoms with Crippen LogP contribution in [0.5, 0.6) is 0 Å². The van der Waals surface area contributed by atoms with Gasteiger partial charge in [0.2, 0.25) is 0 Å². The fraction of sp³-hybridized carbons (Fsp3) is 0. The van der Waals surface area contributed by atoms with E-state index in [-0.39, 0.29) is 0 Å².